The second-order valence-corrected chi connectivity index (χ2v) is 5.38. The standard InChI is InChI=1S/C9H10ClN3O2S/c1-2-13-16(14,15)8-5-12-9-7(8)3-6(10)4-11-9/h3-5,13H,2H2,1H3,(H,11,12). The van der Waals surface area contributed by atoms with Gasteiger partial charge in [0.2, 0.25) is 10.0 Å². The third-order valence-electron chi connectivity index (χ3n) is 2.08. The second kappa shape index (κ2) is 4.04. The number of pyridine rings is 1. The summed E-state index contributed by atoms with van der Waals surface area (Å²) in [5.41, 5.74) is 0.501. The number of H-pyrrole nitrogens is 1. The normalized spacial score (nSPS) is 12.1. The quantitative estimate of drug-likeness (QED) is 0.877. The van der Waals surface area contributed by atoms with Crippen molar-refractivity contribution in [3.05, 3.63) is 23.5 Å². The van der Waals surface area contributed by atoms with E-state index in [-0.39, 0.29) is 4.90 Å². The molecule has 0 fully saturated rings. The van der Waals surface area contributed by atoms with Crippen LogP contribution in [0, 0.1) is 0 Å². The molecule has 0 aliphatic rings. The van der Waals surface area contributed by atoms with E-state index in [1.807, 2.05) is 0 Å². The zero-order chi connectivity index (χ0) is 11.8. The average Bonchev–Trinajstić information content (AvgIpc) is 2.60. The van der Waals surface area contributed by atoms with Crippen molar-refractivity contribution in [1.29, 1.82) is 0 Å². The Morgan fingerprint density at radius 1 is 1.56 bits per heavy atom. The molecule has 2 aromatic rings. The lowest BCUT2D eigenvalue weighted by Gasteiger charge is -2.02. The Labute approximate surface area is 97.9 Å². The zero-order valence-corrected chi connectivity index (χ0v) is 10.1. The van der Waals surface area contributed by atoms with E-state index >= 15 is 0 Å². The highest BCUT2D eigenvalue weighted by atomic mass is 35.5. The largest absolute Gasteiger partial charge is 0.345 e. The molecule has 0 aliphatic carbocycles. The van der Waals surface area contributed by atoms with Gasteiger partial charge in [-0.05, 0) is 6.07 Å². The summed E-state index contributed by atoms with van der Waals surface area (Å²) in [6.45, 7) is 2.06. The lowest BCUT2D eigenvalue weighted by molar-refractivity contribution is 0.585. The molecular formula is C9H10ClN3O2S. The zero-order valence-electron chi connectivity index (χ0n) is 8.49. The minimum Gasteiger partial charge on any atom is -0.345 e. The molecule has 2 heterocycles. The van der Waals surface area contributed by atoms with Crippen LogP contribution in [0.2, 0.25) is 5.02 Å². The first-order chi connectivity index (χ1) is 7.54. The summed E-state index contributed by atoms with van der Waals surface area (Å²) in [5.74, 6) is 0. The van der Waals surface area contributed by atoms with Crippen molar-refractivity contribution in [3.63, 3.8) is 0 Å². The van der Waals surface area contributed by atoms with Gasteiger partial charge in [0, 0.05) is 24.3 Å². The molecule has 86 valence electrons. The van der Waals surface area contributed by atoms with E-state index in [9.17, 15) is 8.42 Å². The summed E-state index contributed by atoms with van der Waals surface area (Å²) >= 11 is 5.78. The summed E-state index contributed by atoms with van der Waals surface area (Å²) in [7, 11) is -3.49. The van der Waals surface area contributed by atoms with E-state index < -0.39 is 10.0 Å². The molecule has 0 saturated carbocycles. The van der Waals surface area contributed by atoms with Crippen LogP contribution in [0.3, 0.4) is 0 Å². The minimum atomic E-state index is -3.49. The van der Waals surface area contributed by atoms with E-state index in [1.165, 1.54) is 12.4 Å². The molecule has 2 rings (SSSR count). The molecule has 0 amide bonds. The average molecular weight is 260 g/mol. The van der Waals surface area contributed by atoms with Gasteiger partial charge in [0.25, 0.3) is 0 Å². The van der Waals surface area contributed by atoms with Gasteiger partial charge in [-0.25, -0.2) is 18.1 Å². The van der Waals surface area contributed by atoms with Crippen LogP contribution in [0.15, 0.2) is 23.4 Å². The fourth-order valence-corrected chi connectivity index (χ4v) is 2.80. The lowest BCUT2D eigenvalue weighted by Crippen LogP contribution is -2.22. The maximum atomic E-state index is 11.8. The minimum absolute atomic E-state index is 0.166. The molecule has 5 nitrogen and oxygen atoms in total. The van der Waals surface area contributed by atoms with Gasteiger partial charge in [-0.2, -0.15) is 0 Å². The van der Waals surface area contributed by atoms with Gasteiger partial charge < -0.3 is 4.98 Å². The van der Waals surface area contributed by atoms with Crippen molar-refractivity contribution in [2.45, 2.75) is 11.8 Å². The van der Waals surface area contributed by atoms with Crippen molar-refractivity contribution in [1.82, 2.24) is 14.7 Å². The Balaban J connectivity index is 2.66. The van der Waals surface area contributed by atoms with Crippen molar-refractivity contribution in [3.8, 4) is 0 Å². The van der Waals surface area contributed by atoms with Crippen molar-refractivity contribution < 1.29 is 8.42 Å². The Morgan fingerprint density at radius 3 is 3.00 bits per heavy atom. The number of halogens is 1. The van der Waals surface area contributed by atoms with Gasteiger partial charge in [-0.3, -0.25) is 0 Å². The molecule has 2 aromatic heterocycles. The third-order valence-corrected chi connectivity index (χ3v) is 3.88. The van der Waals surface area contributed by atoms with Crippen LogP contribution in [-0.4, -0.2) is 24.9 Å². The summed E-state index contributed by atoms with van der Waals surface area (Å²) in [4.78, 5) is 6.95. The first-order valence-electron chi connectivity index (χ1n) is 4.67. The SMILES string of the molecule is CCNS(=O)(=O)c1c[nH]c2ncc(Cl)cc12. The van der Waals surface area contributed by atoms with Gasteiger partial charge in [0.1, 0.15) is 10.5 Å². The Morgan fingerprint density at radius 2 is 2.31 bits per heavy atom. The predicted molar refractivity (Wildman–Crippen MR) is 62.0 cm³/mol. The molecule has 0 radical (unpaired) electrons. The number of aromatic amines is 1. The second-order valence-electron chi connectivity index (χ2n) is 3.20. The molecular weight excluding hydrogens is 250 g/mol. The molecule has 0 aliphatic heterocycles. The highest BCUT2D eigenvalue weighted by Gasteiger charge is 2.18. The molecule has 2 N–H and O–H groups in total. The Bertz CT molecular complexity index is 621. The summed E-state index contributed by atoms with van der Waals surface area (Å²) in [6.07, 6.45) is 2.87. The van der Waals surface area contributed by atoms with Crippen LogP contribution in [0.1, 0.15) is 6.92 Å². The molecule has 0 aromatic carbocycles. The van der Waals surface area contributed by atoms with Crippen LogP contribution in [0.5, 0.6) is 0 Å². The fourth-order valence-electron chi connectivity index (χ4n) is 1.44. The predicted octanol–water partition coefficient (Wildman–Crippen LogP) is 1.51. The fraction of sp³-hybridized carbons (Fsp3) is 0.222. The van der Waals surface area contributed by atoms with Gasteiger partial charge in [-0.1, -0.05) is 18.5 Å². The molecule has 0 saturated heterocycles. The first kappa shape index (κ1) is 11.4. The van der Waals surface area contributed by atoms with Gasteiger partial charge in [-0.15, -0.1) is 0 Å². The van der Waals surface area contributed by atoms with Crippen LogP contribution in [-0.2, 0) is 10.0 Å². The Hall–Kier alpha value is -1.11. The molecule has 0 atom stereocenters. The smallest absolute Gasteiger partial charge is 0.242 e. The van der Waals surface area contributed by atoms with Crippen molar-refractivity contribution in [2.75, 3.05) is 6.54 Å². The monoisotopic (exact) mass is 259 g/mol. The van der Waals surface area contributed by atoms with Gasteiger partial charge in [0.05, 0.1) is 5.02 Å². The van der Waals surface area contributed by atoms with Gasteiger partial charge in [0.15, 0.2) is 0 Å². The van der Waals surface area contributed by atoms with E-state index in [0.29, 0.717) is 22.6 Å². The number of nitrogens with zero attached hydrogens (tertiary/aromatic N) is 1. The van der Waals surface area contributed by atoms with E-state index in [2.05, 4.69) is 14.7 Å². The molecule has 0 spiro atoms. The highest BCUT2D eigenvalue weighted by Crippen LogP contribution is 2.23. The number of rotatable bonds is 3. The third kappa shape index (κ3) is 1.91. The maximum absolute atomic E-state index is 11.8. The molecule has 0 bridgehead atoms. The number of fused-ring (bicyclic) bond motifs is 1. The summed E-state index contributed by atoms with van der Waals surface area (Å²) < 4.78 is 26.1. The number of sulfonamides is 1. The van der Waals surface area contributed by atoms with Crippen molar-refractivity contribution in [2.24, 2.45) is 0 Å². The topological polar surface area (TPSA) is 74.8 Å². The molecule has 16 heavy (non-hydrogen) atoms. The van der Waals surface area contributed by atoms with Crippen LogP contribution >= 0.6 is 11.6 Å². The van der Waals surface area contributed by atoms with Crippen LogP contribution in [0.25, 0.3) is 11.0 Å². The maximum Gasteiger partial charge on any atom is 0.242 e. The lowest BCUT2D eigenvalue weighted by atomic mass is 10.3. The number of hydrogen-bond donors (Lipinski definition) is 2. The summed E-state index contributed by atoms with van der Waals surface area (Å²) in [5, 5.41) is 0.897. The summed E-state index contributed by atoms with van der Waals surface area (Å²) in [6, 6.07) is 1.57. The van der Waals surface area contributed by atoms with Crippen LogP contribution < -0.4 is 4.72 Å². The molecule has 7 heteroatoms. The molecule has 0 unspecified atom stereocenters. The highest BCUT2D eigenvalue weighted by molar-refractivity contribution is 7.89. The number of aromatic nitrogens is 2. The number of nitrogens with one attached hydrogen (secondary N) is 2. The van der Waals surface area contributed by atoms with Crippen molar-refractivity contribution >= 4 is 32.7 Å². The first-order valence-corrected chi connectivity index (χ1v) is 6.53. The van der Waals surface area contributed by atoms with E-state index in [0.717, 1.165) is 0 Å². The number of hydrogen-bond acceptors (Lipinski definition) is 3. The van der Waals surface area contributed by atoms with E-state index in [4.69, 9.17) is 11.6 Å². The van der Waals surface area contributed by atoms with Crippen LogP contribution in [0.4, 0.5) is 0 Å². The van der Waals surface area contributed by atoms with E-state index in [1.54, 1.807) is 13.0 Å². The van der Waals surface area contributed by atoms with Gasteiger partial charge >= 0.3 is 0 Å². The Kier molecular flexibility index (Phi) is 2.88.